The van der Waals surface area contributed by atoms with Gasteiger partial charge in [-0.15, -0.1) is 0 Å². The van der Waals surface area contributed by atoms with Crippen LogP contribution < -0.4 is 0 Å². The van der Waals surface area contributed by atoms with Gasteiger partial charge in [-0.25, -0.2) is 0 Å². The van der Waals surface area contributed by atoms with Crippen LogP contribution in [0.15, 0.2) is 0 Å². The van der Waals surface area contributed by atoms with Crippen molar-refractivity contribution in [2.24, 2.45) is 0 Å². The second-order valence-electron chi connectivity index (χ2n) is 2.21. The van der Waals surface area contributed by atoms with Gasteiger partial charge in [0, 0.05) is 0 Å². The fourth-order valence-corrected chi connectivity index (χ4v) is 0.447. The molecule has 0 amide bonds. The molecule has 0 N–H and O–H groups in total. The van der Waals surface area contributed by atoms with Gasteiger partial charge < -0.3 is 4.90 Å². The molecule has 9 heavy (non-hydrogen) atoms. The zero-order chi connectivity index (χ0) is 7.70. The van der Waals surface area contributed by atoms with Gasteiger partial charge in [0.05, 0.1) is 0 Å². The van der Waals surface area contributed by atoms with Gasteiger partial charge in [-0.3, -0.25) is 0 Å². The van der Waals surface area contributed by atoms with E-state index in [4.69, 9.17) is 0 Å². The first-order valence-electron chi connectivity index (χ1n) is 3.23. The average Bonchev–Trinajstić information content (AvgIpc) is 1.67. The van der Waals surface area contributed by atoms with E-state index in [9.17, 15) is 0 Å². The number of nitrogens with zero attached hydrogens (tertiary/aromatic N) is 1. The van der Waals surface area contributed by atoms with E-state index in [1.165, 1.54) is 13.0 Å². The third-order valence-corrected chi connectivity index (χ3v) is 0.671. The Labute approximate surface area is 63.8 Å². The first-order valence-corrected chi connectivity index (χ1v) is 4.87. The summed E-state index contributed by atoms with van der Waals surface area (Å²) in [7, 11) is 4.17. The molecule has 58 valence electrons. The topological polar surface area (TPSA) is 3.24 Å². The third-order valence-electron chi connectivity index (χ3n) is 0.671. The van der Waals surface area contributed by atoms with Gasteiger partial charge in [-0.2, -0.15) is 11.8 Å². The predicted octanol–water partition coefficient (Wildman–Crippen LogP) is 1.94. The number of hydrogen-bond acceptors (Lipinski definition) is 2. The van der Waals surface area contributed by atoms with Crippen LogP contribution in [0.4, 0.5) is 0 Å². The summed E-state index contributed by atoms with van der Waals surface area (Å²) >= 11 is 1.75. The molecule has 0 saturated carbocycles. The van der Waals surface area contributed by atoms with Gasteiger partial charge in [-0.05, 0) is 39.6 Å². The van der Waals surface area contributed by atoms with Gasteiger partial charge in [0.15, 0.2) is 0 Å². The minimum Gasteiger partial charge on any atom is -0.309 e. The maximum Gasteiger partial charge on any atom is -0.00275 e. The molecule has 0 aromatic heterocycles. The molecule has 0 aromatic carbocycles. The van der Waals surface area contributed by atoms with Crippen LogP contribution in [0.25, 0.3) is 0 Å². The molecule has 1 nitrogen and oxygen atoms in total. The van der Waals surface area contributed by atoms with E-state index >= 15 is 0 Å². The molecule has 0 fully saturated rings. The molecule has 2 heteroatoms. The highest BCUT2D eigenvalue weighted by molar-refractivity contribution is 7.97. The van der Waals surface area contributed by atoms with Crippen molar-refractivity contribution in [1.82, 2.24) is 4.90 Å². The maximum absolute atomic E-state index is 2.18. The van der Waals surface area contributed by atoms with Gasteiger partial charge in [0.2, 0.25) is 0 Å². The largest absolute Gasteiger partial charge is 0.309 e. The number of thioether (sulfide) groups is 1. The fourth-order valence-electron chi connectivity index (χ4n) is 0.447. The average molecular weight is 149 g/mol. The second kappa shape index (κ2) is 11.2. The number of hydrogen-bond donors (Lipinski definition) is 0. The predicted molar refractivity (Wildman–Crippen MR) is 48.3 cm³/mol. The maximum atomic E-state index is 2.18. The lowest BCUT2D eigenvalue weighted by molar-refractivity contribution is 0.408. The summed E-state index contributed by atoms with van der Waals surface area (Å²) in [5.41, 5.74) is 0. The first kappa shape index (κ1) is 12.0. The lowest BCUT2D eigenvalue weighted by Crippen LogP contribution is -2.11. The minimum atomic E-state index is 1.21. The van der Waals surface area contributed by atoms with Crippen molar-refractivity contribution in [3.63, 3.8) is 0 Å². The van der Waals surface area contributed by atoms with Crippen LogP contribution >= 0.6 is 11.8 Å². The van der Waals surface area contributed by atoms with Crippen molar-refractivity contribution in [3.05, 3.63) is 0 Å². The van der Waals surface area contributed by atoms with Gasteiger partial charge in [-0.1, -0.05) is 6.92 Å². The van der Waals surface area contributed by atoms with Crippen LogP contribution in [-0.2, 0) is 0 Å². The van der Waals surface area contributed by atoms with Crippen molar-refractivity contribution in [2.75, 3.05) is 33.2 Å². The molecule has 0 rings (SSSR count). The lowest BCUT2D eigenvalue weighted by Gasteiger charge is -2.03. The summed E-state index contributed by atoms with van der Waals surface area (Å²) in [4.78, 5) is 2.18. The van der Waals surface area contributed by atoms with E-state index in [0.717, 1.165) is 0 Å². The molecule has 0 aliphatic heterocycles. The molecule has 0 radical (unpaired) electrons. The Bertz CT molecular complexity index is 37.9. The summed E-state index contributed by atoms with van der Waals surface area (Å²) in [6.07, 6.45) is 5.34. The minimum absolute atomic E-state index is 1.21. The van der Waals surface area contributed by atoms with E-state index in [1.54, 1.807) is 11.8 Å². The number of rotatable bonds is 2. The summed E-state index contributed by atoms with van der Waals surface area (Å²) in [6.45, 7) is 3.39. The zero-order valence-corrected chi connectivity index (χ0v) is 8.09. The van der Waals surface area contributed by atoms with Crippen molar-refractivity contribution in [1.29, 1.82) is 0 Å². The normalized spacial score (nSPS) is 8.67. The molecule has 0 unspecified atom stereocenters. The molecule has 0 atom stereocenters. The summed E-state index contributed by atoms with van der Waals surface area (Å²) in [6, 6.07) is 0. The van der Waals surface area contributed by atoms with Crippen LogP contribution in [0.2, 0.25) is 0 Å². The Kier molecular flexibility index (Phi) is 14.9. The van der Waals surface area contributed by atoms with Gasteiger partial charge in [0.1, 0.15) is 0 Å². The first-order chi connectivity index (χ1) is 4.18. The summed E-state index contributed by atoms with van der Waals surface area (Å²) < 4.78 is 0. The monoisotopic (exact) mass is 149 g/mol. The molecule has 0 saturated heterocycles. The quantitative estimate of drug-likeness (QED) is 0.590. The van der Waals surface area contributed by atoms with Crippen LogP contribution in [0.3, 0.4) is 0 Å². The molecular weight excluding hydrogens is 130 g/mol. The SMILES string of the molecule is CCCN(C)C.CSC. The molecule has 0 aliphatic carbocycles. The molecular formula is C7H19NS. The summed E-state index contributed by atoms with van der Waals surface area (Å²) in [5, 5.41) is 0. The van der Waals surface area contributed by atoms with Crippen LogP contribution in [0.5, 0.6) is 0 Å². The summed E-state index contributed by atoms with van der Waals surface area (Å²) in [5.74, 6) is 0. The second-order valence-corrected chi connectivity index (χ2v) is 3.03. The van der Waals surface area contributed by atoms with Crippen molar-refractivity contribution in [2.45, 2.75) is 13.3 Å². The standard InChI is InChI=1S/C5H13N.C2H6S/c1-4-5-6(2)3;1-3-2/h4-5H2,1-3H3;1-2H3. The van der Waals surface area contributed by atoms with Gasteiger partial charge >= 0.3 is 0 Å². The molecule has 0 bridgehead atoms. The van der Waals surface area contributed by atoms with Gasteiger partial charge in [0.25, 0.3) is 0 Å². The Morgan fingerprint density at radius 2 is 1.56 bits per heavy atom. The van der Waals surface area contributed by atoms with Crippen LogP contribution in [0.1, 0.15) is 13.3 Å². The third kappa shape index (κ3) is 30.2. The van der Waals surface area contributed by atoms with E-state index in [1.807, 2.05) is 12.5 Å². The Morgan fingerprint density at radius 1 is 1.22 bits per heavy atom. The smallest absolute Gasteiger partial charge is 0.00275 e. The van der Waals surface area contributed by atoms with Crippen molar-refractivity contribution >= 4 is 11.8 Å². The van der Waals surface area contributed by atoms with Crippen LogP contribution in [0, 0.1) is 0 Å². The highest BCUT2D eigenvalue weighted by atomic mass is 32.2. The molecule has 0 spiro atoms. The highest BCUT2D eigenvalue weighted by Gasteiger charge is 1.79. The zero-order valence-electron chi connectivity index (χ0n) is 7.27. The Hall–Kier alpha value is 0.310. The molecule has 0 aliphatic rings. The van der Waals surface area contributed by atoms with Crippen LogP contribution in [-0.4, -0.2) is 38.1 Å². The fraction of sp³-hybridized carbons (Fsp3) is 1.00. The Balaban J connectivity index is 0. The molecule has 0 heterocycles. The van der Waals surface area contributed by atoms with E-state index in [2.05, 4.69) is 25.9 Å². The highest BCUT2D eigenvalue weighted by Crippen LogP contribution is 1.76. The van der Waals surface area contributed by atoms with E-state index < -0.39 is 0 Å². The van der Waals surface area contributed by atoms with E-state index in [0.29, 0.717) is 0 Å². The Morgan fingerprint density at radius 3 is 1.56 bits per heavy atom. The van der Waals surface area contributed by atoms with Crippen molar-refractivity contribution in [3.8, 4) is 0 Å². The molecule has 0 aromatic rings. The lowest BCUT2D eigenvalue weighted by atomic mass is 10.5. The van der Waals surface area contributed by atoms with Crippen molar-refractivity contribution < 1.29 is 0 Å². The van der Waals surface area contributed by atoms with E-state index in [-0.39, 0.29) is 0 Å².